The number of rotatable bonds is 7. The van der Waals surface area contributed by atoms with Crippen molar-refractivity contribution in [2.75, 3.05) is 13.2 Å². The SMILES string of the molecule is CC(=O)O[C@@H]1[C@H](n2cc(-c3cc(F)c(F)c(F)c3)nn2)[C@@H](OCc2ccncc2)[C@]2(CCCO2)O[C@@H]1CO. The summed E-state index contributed by atoms with van der Waals surface area (Å²) < 4.78 is 66.8. The Bertz CT molecular complexity index is 1260. The molecule has 0 bridgehead atoms. The number of nitrogens with zero attached hydrogens (tertiary/aromatic N) is 4. The minimum absolute atomic E-state index is 0.0330. The van der Waals surface area contributed by atoms with Crippen LogP contribution in [-0.2, 0) is 30.3 Å². The Hall–Kier alpha value is -3.39. The Kier molecular flexibility index (Phi) is 7.43. The molecule has 0 unspecified atom stereocenters. The highest BCUT2D eigenvalue weighted by Crippen LogP contribution is 2.46. The second kappa shape index (κ2) is 10.8. The van der Waals surface area contributed by atoms with E-state index in [4.69, 9.17) is 18.9 Å². The molecule has 5 rings (SSSR count). The number of ether oxygens (including phenoxy) is 4. The minimum Gasteiger partial charge on any atom is -0.457 e. The highest BCUT2D eigenvalue weighted by atomic mass is 19.2. The molecule has 0 aliphatic carbocycles. The van der Waals surface area contributed by atoms with Gasteiger partial charge in [0.15, 0.2) is 29.3 Å². The first-order valence-electron chi connectivity index (χ1n) is 12.0. The minimum atomic E-state index is -1.60. The smallest absolute Gasteiger partial charge is 0.303 e. The number of pyridine rings is 1. The third-order valence-corrected chi connectivity index (χ3v) is 6.57. The van der Waals surface area contributed by atoms with Gasteiger partial charge in [0.2, 0.25) is 0 Å². The van der Waals surface area contributed by atoms with Gasteiger partial charge < -0.3 is 24.1 Å². The second-order valence-corrected chi connectivity index (χ2v) is 9.09. The van der Waals surface area contributed by atoms with E-state index in [1.54, 1.807) is 24.5 Å². The van der Waals surface area contributed by atoms with Gasteiger partial charge in [0, 0.05) is 31.3 Å². The van der Waals surface area contributed by atoms with E-state index in [1.165, 1.54) is 17.8 Å². The number of hydrogen-bond donors (Lipinski definition) is 1. The highest BCUT2D eigenvalue weighted by molar-refractivity contribution is 5.66. The zero-order valence-corrected chi connectivity index (χ0v) is 20.3. The summed E-state index contributed by atoms with van der Waals surface area (Å²) in [7, 11) is 0. The zero-order valence-electron chi connectivity index (χ0n) is 20.3. The molecule has 3 aromatic rings. The van der Waals surface area contributed by atoms with Gasteiger partial charge in [-0.2, -0.15) is 0 Å². The summed E-state index contributed by atoms with van der Waals surface area (Å²) in [6.45, 7) is 1.19. The van der Waals surface area contributed by atoms with Crippen LogP contribution in [0.3, 0.4) is 0 Å². The number of halogens is 3. The van der Waals surface area contributed by atoms with E-state index in [0.717, 1.165) is 17.7 Å². The number of esters is 1. The van der Waals surface area contributed by atoms with E-state index in [1.807, 2.05) is 0 Å². The van der Waals surface area contributed by atoms with Crippen LogP contribution < -0.4 is 0 Å². The van der Waals surface area contributed by atoms with Crippen LogP contribution in [0.4, 0.5) is 13.2 Å². The lowest BCUT2D eigenvalue weighted by molar-refractivity contribution is -0.349. The molecular weight excluding hydrogens is 509 g/mol. The molecule has 2 aromatic heterocycles. The van der Waals surface area contributed by atoms with Crippen LogP contribution in [0.25, 0.3) is 11.3 Å². The Labute approximate surface area is 215 Å². The number of benzene rings is 1. The van der Waals surface area contributed by atoms with Crippen molar-refractivity contribution in [3.8, 4) is 11.3 Å². The van der Waals surface area contributed by atoms with E-state index >= 15 is 0 Å². The van der Waals surface area contributed by atoms with Crippen LogP contribution in [0, 0.1) is 17.5 Å². The molecule has 13 heteroatoms. The molecule has 2 aliphatic heterocycles. The lowest BCUT2D eigenvalue weighted by Crippen LogP contribution is -2.64. The third-order valence-electron chi connectivity index (χ3n) is 6.57. The Morgan fingerprint density at radius 3 is 2.61 bits per heavy atom. The van der Waals surface area contributed by atoms with Crippen molar-refractivity contribution in [3.05, 3.63) is 65.9 Å². The van der Waals surface area contributed by atoms with Crippen LogP contribution in [0.2, 0.25) is 0 Å². The molecule has 0 amide bonds. The van der Waals surface area contributed by atoms with Crippen LogP contribution in [0.15, 0.2) is 42.9 Å². The van der Waals surface area contributed by atoms with Crippen molar-refractivity contribution < 1.29 is 42.0 Å². The lowest BCUT2D eigenvalue weighted by Gasteiger charge is -2.50. The van der Waals surface area contributed by atoms with E-state index < -0.39 is 60.2 Å². The molecule has 2 fully saturated rings. The maximum atomic E-state index is 13.9. The fourth-order valence-electron chi connectivity index (χ4n) is 4.91. The molecule has 5 atom stereocenters. The van der Waals surface area contributed by atoms with Crippen LogP contribution in [0.5, 0.6) is 0 Å². The van der Waals surface area contributed by atoms with Crippen LogP contribution in [0.1, 0.15) is 31.4 Å². The summed E-state index contributed by atoms with van der Waals surface area (Å²) >= 11 is 0. The van der Waals surface area contributed by atoms with E-state index in [-0.39, 0.29) is 17.9 Å². The summed E-state index contributed by atoms with van der Waals surface area (Å²) in [6, 6.07) is 4.21. The topological polar surface area (TPSA) is 118 Å². The molecule has 10 nitrogen and oxygen atoms in total. The summed E-state index contributed by atoms with van der Waals surface area (Å²) in [5.41, 5.74) is 0.783. The molecule has 0 radical (unpaired) electrons. The maximum Gasteiger partial charge on any atom is 0.303 e. The molecule has 1 N–H and O–H groups in total. The summed E-state index contributed by atoms with van der Waals surface area (Å²) in [5.74, 6) is -6.30. The van der Waals surface area contributed by atoms with Gasteiger partial charge in [0.25, 0.3) is 0 Å². The molecule has 202 valence electrons. The molecule has 1 spiro atoms. The molecule has 0 saturated carbocycles. The van der Waals surface area contributed by atoms with E-state index in [0.29, 0.717) is 19.4 Å². The largest absolute Gasteiger partial charge is 0.457 e. The van der Waals surface area contributed by atoms with Gasteiger partial charge in [0.05, 0.1) is 26.0 Å². The number of aliphatic hydroxyl groups excluding tert-OH is 1. The average Bonchev–Trinajstić information content (AvgIpc) is 3.58. The monoisotopic (exact) mass is 534 g/mol. The average molecular weight is 534 g/mol. The maximum absolute atomic E-state index is 13.9. The molecule has 2 aliphatic rings. The standard InChI is InChI=1S/C25H25F3N4O6/c1-14(34)37-23-20(12-33)38-25(5-2-8-36-25)24(35-13-15-3-6-29-7-4-15)22(23)32-11-19(30-31-32)16-9-17(26)21(28)18(27)10-16/h3-4,6-7,9-11,20,22-24,33H,2,5,8,12-13H2,1H3/t20-,22+,23+,24-,25+/m1/s1. The van der Waals surface area contributed by atoms with Gasteiger partial charge in [-0.05, 0) is 36.2 Å². The first kappa shape index (κ1) is 26.2. The molecule has 2 saturated heterocycles. The highest BCUT2D eigenvalue weighted by Gasteiger charge is 2.60. The van der Waals surface area contributed by atoms with Gasteiger partial charge in [-0.25, -0.2) is 17.9 Å². The second-order valence-electron chi connectivity index (χ2n) is 9.09. The first-order chi connectivity index (χ1) is 18.3. The zero-order chi connectivity index (χ0) is 26.9. The van der Waals surface area contributed by atoms with Crippen molar-refractivity contribution in [2.24, 2.45) is 0 Å². The van der Waals surface area contributed by atoms with Crippen molar-refractivity contribution in [3.63, 3.8) is 0 Å². The Balaban J connectivity index is 1.57. The number of aromatic nitrogens is 4. The van der Waals surface area contributed by atoms with Gasteiger partial charge >= 0.3 is 5.97 Å². The third kappa shape index (κ3) is 5.01. The molecule has 1 aromatic carbocycles. The van der Waals surface area contributed by atoms with E-state index in [9.17, 15) is 23.1 Å². The number of hydrogen-bond acceptors (Lipinski definition) is 9. The fraction of sp³-hybridized carbons (Fsp3) is 0.440. The van der Waals surface area contributed by atoms with Crippen LogP contribution in [-0.4, -0.2) is 68.4 Å². The Morgan fingerprint density at radius 2 is 1.97 bits per heavy atom. The number of aliphatic hydroxyl groups is 1. The fourth-order valence-corrected chi connectivity index (χ4v) is 4.91. The van der Waals surface area contributed by atoms with Crippen molar-refractivity contribution in [2.45, 2.75) is 56.5 Å². The van der Waals surface area contributed by atoms with Crippen molar-refractivity contribution in [1.82, 2.24) is 20.0 Å². The predicted octanol–water partition coefficient (Wildman–Crippen LogP) is 2.71. The van der Waals surface area contributed by atoms with Crippen molar-refractivity contribution in [1.29, 1.82) is 0 Å². The van der Waals surface area contributed by atoms with Crippen LogP contribution >= 0.6 is 0 Å². The van der Waals surface area contributed by atoms with Gasteiger partial charge in [-0.3, -0.25) is 9.78 Å². The summed E-state index contributed by atoms with van der Waals surface area (Å²) in [6.07, 6.45) is 2.66. The number of carbonyl (C=O) groups is 1. The lowest BCUT2D eigenvalue weighted by atomic mass is 9.88. The number of carbonyl (C=O) groups excluding carboxylic acids is 1. The quantitative estimate of drug-likeness (QED) is 0.361. The summed E-state index contributed by atoms with van der Waals surface area (Å²) in [5, 5.41) is 18.3. The van der Waals surface area contributed by atoms with Gasteiger partial charge in [-0.1, -0.05) is 5.21 Å². The normalized spacial score (nSPS) is 27.1. The van der Waals surface area contributed by atoms with Gasteiger partial charge in [0.1, 0.15) is 23.9 Å². The molecular formula is C25H25F3N4O6. The Morgan fingerprint density at radius 1 is 1.24 bits per heavy atom. The predicted molar refractivity (Wildman–Crippen MR) is 123 cm³/mol. The van der Waals surface area contributed by atoms with Gasteiger partial charge in [-0.15, -0.1) is 5.10 Å². The first-order valence-corrected chi connectivity index (χ1v) is 12.0. The molecule has 38 heavy (non-hydrogen) atoms. The van der Waals surface area contributed by atoms with E-state index in [2.05, 4.69) is 15.3 Å². The summed E-state index contributed by atoms with van der Waals surface area (Å²) in [4.78, 5) is 16.1. The van der Waals surface area contributed by atoms with Crippen molar-refractivity contribution >= 4 is 5.97 Å². The molecule has 4 heterocycles.